The van der Waals surface area contributed by atoms with Crippen LogP contribution in [-0.2, 0) is 9.53 Å². The maximum absolute atomic E-state index is 10.1. The Labute approximate surface area is 58.9 Å². The summed E-state index contributed by atoms with van der Waals surface area (Å²) in [6, 6.07) is -0.431. The molecule has 0 aromatic rings. The fourth-order valence-corrected chi connectivity index (χ4v) is 0.364. The molecule has 0 aromatic heterocycles. The van der Waals surface area contributed by atoms with E-state index in [9.17, 15) is 4.79 Å². The van der Waals surface area contributed by atoms with E-state index in [0.29, 0.717) is 0 Å². The van der Waals surface area contributed by atoms with Gasteiger partial charge in [-0.15, -0.1) is 0 Å². The van der Waals surface area contributed by atoms with Crippen LogP contribution in [0.4, 0.5) is 0 Å². The Hall–Kier alpha value is -0.650. The smallest absolute Gasteiger partial charge is 0.243 e. The minimum absolute atomic E-state index is 0.145. The first-order valence-electron chi connectivity index (χ1n) is 2.89. The number of carbonyl (C=O) groups excluding carboxylic acids is 1. The highest BCUT2D eigenvalue weighted by Gasteiger charge is 2.00. The Balaban J connectivity index is 3.11. The highest BCUT2D eigenvalue weighted by molar-refractivity contribution is 5.74. The molecule has 0 rings (SSSR count). The molecule has 0 saturated heterocycles. The second-order valence-corrected chi connectivity index (χ2v) is 1.92. The normalized spacial score (nSPS) is 13.0. The van der Waals surface area contributed by atoms with Crippen LogP contribution in [0.1, 0.15) is 0 Å². The van der Waals surface area contributed by atoms with Crippen molar-refractivity contribution in [2.45, 2.75) is 6.04 Å². The van der Waals surface area contributed by atoms with Crippen molar-refractivity contribution in [1.29, 1.82) is 0 Å². The molecule has 0 spiro atoms. The minimum atomic E-state index is -0.537. The number of hydrogen-bond acceptors (Lipinski definition) is 4. The summed E-state index contributed by atoms with van der Waals surface area (Å²) in [5.41, 5.74) is 9.98. The fourth-order valence-electron chi connectivity index (χ4n) is 0.364. The van der Waals surface area contributed by atoms with Crippen LogP contribution in [0.15, 0.2) is 0 Å². The summed E-state index contributed by atoms with van der Waals surface area (Å²) >= 11 is 0. The Morgan fingerprint density at radius 3 is 2.70 bits per heavy atom. The molecule has 0 aliphatic rings. The first-order valence-corrected chi connectivity index (χ1v) is 2.89. The van der Waals surface area contributed by atoms with E-state index in [-0.39, 0.29) is 19.8 Å². The number of carbonyl (C=O) groups is 1. The third-order valence-electron chi connectivity index (χ3n) is 0.811. The summed E-state index contributed by atoms with van der Waals surface area (Å²) in [6.45, 7) is -0.147. The molecule has 0 saturated carbocycles. The summed E-state index contributed by atoms with van der Waals surface area (Å²) in [5, 5.41) is 8.38. The lowest BCUT2D eigenvalue weighted by Crippen LogP contribution is -2.31. The fraction of sp³-hybridized carbons (Fsp3) is 0.800. The van der Waals surface area contributed by atoms with Crippen molar-refractivity contribution in [3.8, 4) is 0 Å². The minimum Gasteiger partial charge on any atom is -0.395 e. The van der Waals surface area contributed by atoms with E-state index in [4.69, 9.17) is 16.6 Å². The predicted molar refractivity (Wildman–Crippen MR) is 35.1 cm³/mol. The topological polar surface area (TPSA) is 98.6 Å². The lowest BCUT2D eigenvalue weighted by Gasteiger charge is -2.06. The molecule has 0 bridgehead atoms. The number of aliphatic hydroxyl groups is 1. The number of primary amides is 1. The van der Waals surface area contributed by atoms with Crippen LogP contribution < -0.4 is 11.5 Å². The lowest BCUT2D eigenvalue weighted by molar-refractivity contribution is -0.122. The van der Waals surface area contributed by atoms with Crippen LogP contribution in [-0.4, -0.2) is 36.9 Å². The molecule has 5 nitrogen and oxygen atoms in total. The highest BCUT2D eigenvalue weighted by atomic mass is 16.5. The van der Waals surface area contributed by atoms with Crippen molar-refractivity contribution in [2.24, 2.45) is 11.5 Å². The van der Waals surface area contributed by atoms with Gasteiger partial charge >= 0.3 is 0 Å². The van der Waals surface area contributed by atoms with Crippen molar-refractivity contribution in [3.63, 3.8) is 0 Å². The molecule has 5 heteroatoms. The van der Waals surface area contributed by atoms with Gasteiger partial charge in [0.15, 0.2) is 0 Å². The zero-order valence-electron chi connectivity index (χ0n) is 5.62. The maximum atomic E-state index is 10.1. The van der Waals surface area contributed by atoms with Gasteiger partial charge in [0.05, 0.1) is 19.3 Å². The van der Waals surface area contributed by atoms with Crippen molar-refractivity contribution >= 4 is 5.91 Å². The van der Waals surface area contributed by atoms with E-state index < -0.39 is 11.9 Å². The zero-order chi connectivity index (χ0) is 7.98. The molecule has 1 atom stereocenters. The molecule has 0 aliphatic carbocycles. The second kappa shape index (κ2) is 5.16. The van der Waals surface area contributed by atoms with Gasteiger partial charge in [-0.3, -0.25) is 4.79 Å². The molecular weight excluding hydrogens is 136 g/mol. The van der Waals surface area contributed by atoms with Gasteiger partial charge in [-0.1, -0.05) is 0 Å². The van der Waals surface area contributed by atoms with Crippen molar-refractivity contribution in [2.75, 3.05) is 19.8 Å². The van der Waals surface area contributed by atoms with Crippen molar-refractivity contribution in [3.05, 3.63) is 0 Å². The van der Waals surface area contributed by atoms with Gasteiger partial charge in [0, 0.05) is 0 Å². The van der Waals surface area contributed by atoms with Crippen LogP contribution in [0.3, 0.4) is 0 Å². The van der Waals surface area contributed by atoms with E-state index in [1.165, 1.54) is 0 Å². The molecule has 0 fully saturated rings. The highest BCUT2D eigenvalue weighted by Crippen LogP contribution is 1.78. The molecule has 1 amide bonds. The summed E-state index contributed by atoms with van der Waals surface area (Å²) in [6.07, 6.45) is 0. The Morgan fingerprint density at radius 1 is 1.70 bits per heavy atom. The molecule has 5 N–H and O–H groups in total. The van der Waals surface area contributed by atoms with Crippen LogP contribution in [0.2, 0.25) is 0 Å². The summed E-state index contributed by atoms with van der Waals surface area (Å²) in [7, 11) is 0. The molecule has 0 heterocycles. The number of amides is 1. The van der Waals surface area contributed by atoms with Gasteiger partial charge in [-0.2, -0.15) is 0 Å². The molecule has 10 heavy (non-hydrogen) atoms. The summed E-state index contributed by atoms with van der Waals surface area (Å²) in [4.78, 5) is 10.1. The van der Waals surface area contributed by atoms with Crippen molar-refractivity contribution in [1.82, 2.24) is 0 Å². The number of nitrogens with two attached hydrogens (primary N) is 2. The van der Waals surface area contributed by atoms with Crippen molar-refractivity contribution < 1.29 is 14.6 Å². The standard InChI is InChI=1S/C5H12N2O3/c6-4(1-8)2-10-3-5(7)9/h4,8H,1-3,6H2,(H2,7,9)/t4-/m0/s1. The maximum Gasteiger partial charge on any atom is 0.243 e. The monoisotopic (exact) mass is 148 g/mol. The molecule has 0 radical (unpaired) electrons. The number of hydrogen-bond donors (Lipinski definition) is 3. The summed E-state index contributed by atoms with van der Waals surface area (Å²) in [5.74, 6) is -0.537. The molecule has 60 valence electrons. The van der Waals surface area contributed by atoms with Gasteiger partial charge in [0.2, 0.25) is 5.91 Å². The second-order valence-electron chi connectivity index (χ2n) is 1.92. The van der Waals surface area contributed by atoms with Gasteiger partial charge in [-0.05, 0) is 0 Å². The van der Waals surface area contributed by atoms with E-state index in [1.807, 2.05) is 0 Å². The van der Waals surface area contributed by atoms with Gasteiger partial charge in [-0.25, -0.2) is 0 Å². The molecule has 0 unspecified atom stereocenters. The number of aliphatic hydroxyl groups excluding tert-OH is 1. The third-order valence-corrected chi connectivity index (χ3v) is 0.811. The molecule has 0 aliphatic heterocycles. The Bertz CT molecular complexity index is 107. The first-order chi connectivity index (χ1) is 4.66. The van der Waals surface area contributed by atoms with Crippen LogP contribution >= 0.6 is 0 Å². The van der Waals surface area contributed by atoms with E-state index >= 15 is 0 Å². The average molecular weight is 148 g/mol. The lowest BCUT2D eigenvalue weighted by atomic mass is 10.4. The van der Waals surface area contributed by atoms with Crippen LogP contribution in [0.5, 0.6) is 0 Å². The SMILES string of the molecule is NC(=O)COC[C@@H](N)CO. The largest absolute Gasteiger partial charge is 0.395 e. The van der Waals surface area contributed by atoms with E-state index in [2.05, 4.69) is 4.74 Å². The predicted octanol–water partition coefficient (Wildman–Crippen LogP) is -2.19. The van der Waals surface area contributed by atoms with Crippen LogP contribution in [0, 0.1) is 0 Å². The Morgan fingerprint density at radius 2 is 2.30 bits per heavy atom. The number of ether oxygens (including phenoxy) is 1. The van der Waals surface area contributed by atoms with E-state index in [0.717, 1.165) is 0 Å². The number of rotatable bonds is 5. The zero-order valence-corrected chi connectivity index (χ0v) is 5.62. The van der Waals surface area contributed by atoms with Gasteiger partial charge in [0.1, 0.15) is 6.61 Å². The van der Waals surface area contributed by atoms with E-state index in [1.54, 1.807) is 0 Å². The third kappa shape index (κ3) is 5.49. The molecule has 0 aromatic carbocycles. The average Bonchev–Trinajstić information content (AvgIpc) is 1.87. The van der Waals surface area contributed by atoms with Crippen LogP contribution in [0.25, 0.3) is 0 Å². The van der Waals surface area contributed by atoms with Gasteiger partial charge in [0.25, 0.3) is 0 Å². The molecular formula is C5H12N2O3. The summed E-state index contributed by atoms with van der Waals surface area (Å²) < 4.78 is 4.69. The van der Waals surface area contributed by atoms with Gasteiger partial charge < -0.3 is 21.3 Å². The first kappa shape index (κ1) is 9.35. The Kier molecular flexibility index (Phi) is 4.82. The quantitative estimate of drug-likeness (QED) is 0.412.